The number of hydrazine groups is 1. The molecule has 10 heteroatoms. The van der Waals surface area contributed by atoms with Crippen LogP contribution in [0.4, 0.5) is 20.3 Å². The monoisotopic (exact) mass is 345 g/mol. The fraction of sp³-hybridized carbons (Fsp3) is 0.0833. The maximum Gasteiger partial charge on any atom is 0.387 e. The van der Waals surface area contributed by atoms with E-state index in [1.165, 1.54) is 12.1 Å². The number of hydrogen-bond acceptors (Lipinski definition) is 5. The maximum absolute atomic E-state index is 12.0. The second-order valence-electron chi connectivity index (χ2n) is 3.85. The van der Waals surface area contributed by atoms with Crippen LogP contribution in [0.25, 0.3) is 0 Å². The van der Waals surface area contributed by atoms with Gasteiger partial charge in [-0.15, -0.1) is 10.2 Å². The molecule has 0 spiro atoms. The predicted molar refractivity (Wildman–Crippen MR) is 83.1 cm³/mol. The first-order valence-electron chi connectivity index (χ1n) is 5.90. The summed E-state index contributed by atoms with van der Waals surface area (Å²) in [7, 11) is 0. The van der Waals surface area contributed by atoms with Crippen molar-refractivity contribution >= 4 is 40.4 Å². The summed E-state index contributed by atoms with van der Waals surface area (Å²) in [6.45, 7) is -2.86. The largest absolute Gasteiger partial charge is 0.435 e. The van der Waals surface area contributed by atoms with Crippen molar-refractivity contribution in [3.63, 3.8) is 0 Å². The minimum atomic E-state index is -2.86. The van der Waals surface area contributed by atoms with E-state index >= 15 is 0 Å². The van der Waals surface area contributed by atoms with Gasteiger partial charge in [0, 0.05) is 5.69 Å². The number of thiocarbonyl (C=S) groups is 1. The molecule has 0 saturated heterocycles. The first-order chi connectivity index (χ1) is 10.5. The molecule has 0 saturated carbocycles. The number of alkyl halides is 2. The Balaban J connectivity index is 1.82. The van der Waals surface area contributed by atoms with E-state index in [9.17, 15) is 8.78 Å². The summed E-state index contributed by atoms with van der Waals surface area (Å²) < 4.78 is 28.3. The zero-order valence-electron chi connectivity index (χ0n) is 10.9. The van der Waals surface area contributed by atoms with Gasteiger partial charge >= 0.3 is 6.61 Å². The van der Waals surface area contributed by atoms with Gasteiger partial charge in [-0.3, -0.25) is 10.9 Å². The topological polar surface area (TPSA) is 71.1 Å². The maximum atomic E-state index is 12.0. The van der Waals surface area contributed by atoms with Gasteiger partial charge in [0.25, 0.3) is 0 Å². The van der Waals surface area contributed by atoms with Crippen LogP contribution in [0.3, 0.4) is 0 Å². The number of rotatable bonds is 5. The van der Waals surface area contributed by atoms with Gasteiger partial charge < -0.3 is 10.1 Å². The van der Waals surface area contributed by atoms with Crippen molar-refractivity contribution in [1.82, 2.24) is 15.6 Å². The van der Waals surface area contributed by atoms with Gasteiger partial charge in [0.05, 0.1) is 0 Å². The number of benzene rings is 1. The van der Waals surface area contributed by atoms with Crippen LogP contribution in [0, 0.1) is 0 Å². The molecule has 0 radical (unpaired) electrons. The van der Waals surface area contributed by atoms with Crippen LogP contribution in [-0.2, 0) is 0 Å². The van der Waals surface area contributed by atoms with Gasteiger partial charge in [0.2, 0.25) is 0 Å². The molecule has 0 atom stereocenters. The Morgan fingerprint density at radius 2 is 1.86 bits per heavy atom. The van der Waals surface area contributed by atoms with Gasteiger partial charge in [0.1, 0.15) is 5.75 Å². The van der Waals surface area contributed by atoms with Crippen molar-refractivity contribution in [3.8, 4) is 5.75 Å². The molecular weight excluding hydrogens is 336 g/mol. The minimum absolute atomic E-state index is 0.0639. The second-order valence-corrected chi connectivity index (χ2v) is 4.64. The van der Waals surface area contributed by atoms with Crippen LogP contribution in [0.5, 0.6) is 5.75 Å². The zero-order valence-corrected chi connectivity index (χ0v) is 12.5. The summed E-state index contributed by atoms with van der Waals surface area (Å²) >= 11 is 10.7. The molecule has 0 aliphatic heterocycles. The summed E-state index contributed by atoms with van der Waals surface area (Å²) in [6.07, 6.45) is 0. The molecule has 0 fully saturated rings. The average molecular weight is 346 g/mol. The third kappa shape index (κ3) is 5.26. The van der Waals surface area contributed by atoms with E-state index in [1.807, 2.05) is 0 Å². The lowest BCUT2D eigenvalue weighted by molar-refractivity contribution is -0.0498. The highest BCUT2D eigenvalue weighted by Gasteiger charge is 2.04. The highest BCUT2D eigenvalue weighted by atomic mass is 35.5. The van der Waals surface area contributed by atoms with E-state index in [2.05, 4.69) is 31.1 Å². The molecule has 116 valence electrons. The Kier molecular flexibility index (Phi) is 5.61. The predicted octanol–water partition coefficient (Wildman–Crippen LogP) is 3.04. The van der Waals surface area contributed by atoms with Crippen molar-refractivity contribution in [1.29, 1.82) is 0 Å². The quantitative estimate of drug-likeness (QED) is 0.568. The van der Waals surface area contributed by atoms with Gasteiger partial charge in [-0.1, -0.05) is 11.6 Å². The highest BCUT2D eigenvalue weighted by Crippen LogP contribution is 2.17. The molecule has 1 aromatic carbocycles. The smallest absolute Gasteiger partial charge is 0.387 e. The summed E-state index contributed by atoms with van der Waals surface area (Å²) in [4.78, 5) is 0. The number of hydrogen-bond donors (Lipinski definition) is 3. The van der Waals surface area contributed by atoms with Crippen LogP contribution in [0.15, 0.2) is 36.4 Å². The van der Waals surface area contributed by atoms with Crippen molar-refractivity contribution in [3.05, 3.63) is 41.6 Å². The highest BCUT2D eigenvalue weighted by molar-refractivity contribution is 7.80. The Morgan fingerprint density at radius 3 is 2.45 bits per heavy atom. The lowest BCUT2D eigenvalue weighted by Gasteiger charge is -2.12. The molecule has 6 nitrogen and oxygen atoms in total. The number of aromatic nitrogens is 2. The molecule has 0 aliphatic rings. The molecule has 1 aromatic heterocycles. The minimum Gasteiger partial charge on any atom is -0.435 e. The summed E-state index contributed by atoms with van der Waals surface area (Å²) in [5.41, 5.74) is 6.01. The molecule has 0 aliphatic carbocycles. The number of nitrogens with one attached hydrogen (secondary N) is 3. The van der Waals surface area contributed by atoms with Crippen LogP contribution < -0.4 is 20.9 Å². The van der Waals surface area contributed by atoms with Crippen LogP contribution >= 0.6 is 23.8 Å². The number of halogens is 3. The third-order valence-corrected chi connectivity index (χ3v) is 2.68. The summed E-state index contributed by atoms with van der Waals surface area (Å²) in [5, 5.41) is 10.8. The second kappa shape index (κ2) is 7.66. The van der Waals surface area contributed by atoms with Crippen LogP contribution in [0.2, 0.25) is 5.15 Å². The fourth-order valence-electron chi connectivity index (χ4n) is 1.39. The van der Waals surface area contributed by atoms with E-state index in [0.717, 1.165) is 0 Å². The average Bonchev–Trinajstić information content (AvgIpc) is 2.48. The third-order valence-electron chi connectivity index (χ3n) is 2.27. The Morgan fingerprint density at radius 1 is 1.14 bits per heavy atom. The van der Waals surface area contributed by atoms with E-state index in [-0.39, 0.29) is 16.0 Å². The van der Waals surface area contributed by atoms with E-state index in [1.54, 1.807) is 24.3 Å². The Bertz CT molecular complexity index is 626. The van der Waals surface area contributed by atoms with Crippen LogP contribution in [0.1, 0.15) is 0 Å². The summed E-state index contributed by atoms with van der Waals surface area (Å²) in [5.74, 6) is 0.489. The van der Waals surface area contributed by atoms with Crippen molar-refractivity contribution < 1.29 is 13.5 Å². The molecule has 3 N–H and O–H groups in total. The first kappa shape index (κ1) is 16.1. The van der Waals surface area contributed by atoms with Crippen molar-refractivity contribution in [2.45, 2.75) is 6.61 Å². The number of anilines is 2. The number of ether oxygens (including phenoxy) is 1. The van der Waals surface area contributed by atoms with E-state index < -0.39 is 6.61 Å². The van der Waals surface area contributed by atoms with E-state index in [0.29, 0.717) is 11.5 Å². The van der Waals surface area contributed by atoms with Crippen LogP contribution in [-0.4, -0.2) is 21.9 Å². The number of nitrogens with zero attached hydrogens (tertiary/aromatic N) is 2. The molecule has 2 rings (SSSR count). The Hall–Kier alpha value is -2.26. The van der Waals surface area contributed by atoms with Gasteiger partial charge in [0.15, 0.2) is 16.1 Å². The molecule has 0 amide bonds. The van der Waals surface area contributed by atoms with Gasteiger partial charge in [-0.05, 0) is 48.6 Å². The molecule has 0 unspecified atom stereocenters. The van der Waals surface area contributed by atoms with Crippen molar-refractivity contribution in [2.75, 3.05) is 10.7 Å². The first-order valence-corrected chi connectivity index (χ1v) is 6.68. The Labute approximate surface area is 134 Å². The molecule has 2 aromatic rings. The standard InChI is InChI=1S/C12H10ClF2N5OS/c13-9-5-6-10(18-17-9)19-20-12(22)16-7-1-3-8(4-2-7)21-11(14)15/h1-6,11H,(H,18,19)(H2,16,20,22). The molecule has 0 bridgehead atoms. The molecular formula is C12H10ClF2N5OS. The zero-order chi connectivity index (χ0) is 15.9. The molecule has 1 heterocycles. The van der Waals surface area contributed by atoms with E-state index in [4.69, 9.17) is 23.8 Å². The van der Waals surface area contributed by atoms with Crippen molar-refractivity contribution in [2.24, 2.45) is 0 Å². The fourth-order valence-corrected chi connectivity index (χ4v) is 1.66. The lowest BCUT2D eigenvalue weighted by Crippen LogP contribution is -2.33. The molecule has 22 heavy (non-hydrogen) atoms. The summed E-state index contributed by atoms with van der Waals surface area (Å²) in [6, 6.07) is 9.07. The lowest BCUT2D eigenvalue weighted by atomic mass is 10.3. The van der Waals surface area contributed by atoms with Gasteiger partial charge in [-0.25, -0.2) is 0 Å². The SMILES string of the molecule is FC(F)Oc1ccc(NC(=S)NNc2ccc(Cl)nn2)cc1. The normalized spacial score (nSPS) is 10.2. The van der Waals surface area contributed by atoms with Gasteiger partial charge in [-0.2, -0.15) is 8.78 Å².